The number of para-hydroxylation sites is 1. The summed E-state index contributed by atoms with van der Waals surface area (Å²) in [4.78, 5) is 0. The molecule has 1 aromatic heterocycles. The molecule has 2 aromatic rings. The van der Waals surface area contributed by atoms with E-state index in [1.54, 1.807) is 6.26 Å². The zero-order valence-electron chi connectivity index (χ0n) is 8.21. The first kappa shape index (κ1) is 9.09. The molecule has 0 radical (unpaired) electrons. The molecule has 1 aromatic carbocycles. The summed E-state index contributed by atoms with van der Waals surface area (Å²) >= 11 is 0. The molecule has 0 aliphatic rings. The van der Waals surface area contributed by atoms with Crippen LogP contribution in [-0.2, 0) is 6.54 Å². The van der Waals surface area contributed by atoms with E-state index in [-0.39, 0.29) is 0 Å². The van der Waals surface area contributed by atoms with Crippen LogP contribution in [0.25, 0.3) is 11.0 Å². The van der Waals surface area contributed by atoms with Crippen molar-refractivity contribution in [1.82, 2.24) is 5.32 Å². The number of hydrogen-bond acceptors (Lipinski definition) is 3. The van der Waals surface area contributed by atoms with Gasteiger partial charge in [-0.05, 0) is 12.6 Å². The minimum absolute atomic E-state index is 0.699. The highest BCUT2D eigenvalue weighted by Crippen LogP contribution is 2.25. The van der Waals surface area contributed by atoms with Gasteiger partial charge in [-0.25, -0.2) is 0 Å². The van der Waals surface area contributed by atoms with Crippen LogP contribution in [0.15, 0.2) is 28.9 Å². The topological polar surface area (TPSA) is 51.2 Å². The highest BCUT2D eigenvalue weighted by molar-refractivity contribution is 5.90. The first-order valence-electron chi connectivity index (χ1n) is 4.78. The molecule has 14 heavy (non-hydrogen) atoms. The first-order valence-corrected chi connectivity index (χ1v) is 4.78. The van der Waals surface area contributed by atoms with E-state index in [1.807, 2.05) is 18.2 Å². The third kappa shape index (κ3) is 1.46. The number of nitrogens with two attached hydrogens (primary N) is 1. The van der Waals surface area contributed by atoms with Gasteiger partial charge in [0.15, 0.2) is 5.58 Å². The van der Waals surface area contributed by atoms with Crippen LogP contribution in [-0.4, -0.2) is 6.54 Å². The molecule has 0 aliphatic heterocycles. The largest absolute Gasteiger partial charge is 0.462 e. The molecule has 0 spiro atoms. The molecule has 0 amide bonds. The fourth-order valence-electron chi connectivity index (χ4n) is 1.53. The number of furan rings is 1. The maximum Gasteiger partial charge on any atom is 0.157 e. The summed E-state index contributed by atoms with van der Waals surface area (Å²) in [5.74, 6) is 0. The van der Waals surface area contributed by atoms with Gasteiger partial charge in [0.2, 0.25) is 0 Å². The van der Waals surface area contributed by atoms with Gasteiger partial charge in [0.1, 0.15) is 0 Å². The van der Waals surface area contributed by atoms with Crippen molar-refractivity contribution < 1.29 is 4.42 Å². The third-order valence-electron chi connectivity index (χ3n) is 2.28. The maximum atomic E-state index is 5.78. The molecule has 3 N–H and O–H groups in total. The van der Waals surface area contributed by atoms with Crippen molar-refractivity contribution in [2.24, 2.45) is 0 Å². The van der Waals surface area contributed by atoms with Crippen molar-refractivity contribution >= 4 is 16.7 Å². The Morgan fingerprint density at radius 2 is 2.29 bits per heavy atom. The van der Waals surface area contributed by atoms with Crippen LogP contribution in [0.4, 0.5) is 5.69 Å². The smallest absolute Gasteiger partial charge is 0.157 e. The fraction of sp³-hybridized carbons (Fsp3) is 0.273. The predicted octanol–water partition coefficient (Wildman–Crippen LogP) is 2.12. The molecule has 3 nitrogen and oxygen atoms in total. The number of hydrogen-bond donors (Lipinski definition) is 2. The molecule has 3 heteroatoms. The number of anilines is 1. The van der Waals surface area contributed by atoms with Crippen LogP contribution in [0.3, 0.4) is 0 Å². The number of nitrogen functional groups attached to an aromatic ring is 1. The zero-order chi connectivity index (χ0) is 9.97. The lowest BCUT2D eigenvalue weighted by molar-refractivity contribution is 0.605. The molecule has 0 aliphatic carbocycles. The third-order valence-corrected chi connectivity index (χ3v) is 2.28. The SMILES string of the molecule is CCNCc1coc2c(N)cccc12. The normalized spacial score (nSPS) is 10.9. The standard InChI is InChI=1S/C11H14N2O/c1-2-13-6-8-7-14-11-9(8)4-3-5-10(11)12/h3-5,7,13H,2,6,12H2,1H3. The van der Waals surface area contributed by atoms with Crippen LogP contribution in [0.1, 0.15) is 12.5 Å². The second-order valence-electron chi connectivity index (χ2n) is 3.27. The molecule has 0 bridgehead atoms. The molecule has 0 saturated carbocycles. The number of nitrogens with one attached hydrogen (secondary N) is 1. The predicted molar refractivity (Wildman–Crippen MR) is 58.0 cm³/mol. The Hall–Kier alpha value is -1.48. The Morgan fingerprint density at radius 3 is 3.07 bits per heavy atom. The van der Waals surface area contributed by atoms with E-state index in [0.29, 0.717) is 5.69 Å². The summed E-state index contributed by atoms with van der Waals surface area (Å²) in [6, 6.07) is 5.83. The number of benzene rings is 1. The first-order chi connectivity index (χ1) is 6.83. The number of rotatable bonds is 3. The van der Waals surface area contributed by atoms with E-state index in [1.165, 1.54) is 0 Å². The van der Waals surface area contributed by atoms with Crippen LogP contribution in [0.5, 0.6) is 0 Å². The molecule has 0 fully saturated rings. The van der Waals surface area contributed by atoms with Crippen molar-refractivity contribution in [3.63, 3.8) is 0 Å². The highest BCUT2D eigenvalue weighted by Gasteiger charge is 2.06. The van der Waals surface area contributed by atoms with E-state index in [4.69, 9.17) is 10.2 Å². The zero-order valence-corrected chi connectivity index (χ0v) is 8.21. The quantitative estimate of drug-likeness (QED) is 0.729. The van der Waals surface area contributed by atoms with E-state index in [2.05, 4.69) is 12.2 Å². The summed E-state index contributed by atoms with van der Waals surface area (Å²) in [6.07, 6.45) is 1.77. The highest BCUT2D eigenvalue weighted by atomic mass is 16.3. The van der Waals surface area contributed by atoms with E-state index >= 15 is 0 Å². The summed E-state index contributed by atoms with van der Waals surface area (Å²) in [7, 11) is 0. The molecular formula is C11H14N2O. The van der Waals surface area contributed by atoms with Gasteiger partial charge in [-0.1, -0.05) is 19.1 Å². The average Bonchev–Trinajstić information content (AvgIpc) is 2.60. The van der Waals surface area contributed by atoms with Gasteiger partial charge in [-0.3, -0.25) is 0 Å². The van der Waals surface area contributed by atoms with Crippen LogP contribution in [0, 0.1) is 0 Å². The molecule has 2 rings (SSSR count). The van der Waals surface area contributed by atoms with Gasteiger partial charge in [-0.2, -0.15) is 0 Å². The van der Waals surface area contributed by atoms with Gasteiger partial charge in [0.05, 0.1) is 12.0 Å². The number of fused-ring (bicyclic) bond motifs is 1. The average molecular weight is 190 g/mol. The van der Waals surface area contributed by atoms with Crippen LogP contribution < -0.4 is 11.1 Å². The summed E-state index contributed by atoms with van der Waals surface area (Å²) in [5, 5.41) is 4.36. The lowest BCUT2D eigenvalue weighted by atomic mass is 10.1. The Labute approximate surface area is 82.9 Å². The Bertz CT molecular complexity index is 434. The van der Waals surface area contributed by atoms with E-state index in [0.717, 1.165) is 29.6 Å². The van der Waals surface area contributed by atoms with Crippen LogP contribution in [0.2, 0.25) is 0 Å². The molecule has 74 valence electrons. The second-order valence-corrected chi connectivity index (χ2v) is 3.27. The molecule has 0 atom stereocenters. The van der Waals surface area contributed by atoms with Crippen LogP contribution >= 0.6 is 0 Å². The molecule has 0 unspecified atom stereocenters. The Kier molecular flexibility index (Phi) is 2.41. The van der Waals surface area contributed by atoms with Gasteiger partial charge >= 0.3 is 0 Å². The van der Waals surface area contributed by atoms with Crippen molar-refractivity contribution in [1.29, 1.82) is 0 Å². The summed E-state index contributed by atoms with van der Waals surface area (Å²) < 4.78 is 5.41. The van der Waals surface area contributed by atoms with E-state index in [9.17, 15) is 0 Å². The molecule has 0 saturated heterocycles. The van der Waals surface area contributed by atoms with Gasteiger partial charge in [-0.15, -0.1) is 0 Å². The monoisotopic (exact) mass is 190 g/mol. The minimum Gasteiger partial charge on any atom is -0.462 e. The van der Waals surface area contributed by atoms with Crippen molar-refractivity contribution in [2.45, 2.75) is 13.5 Å². The maximum absolute atomic E-state index is 5.78. The molecule has 1 heterocycles. The fourth-order valence-corrected chi connectivity index (χ4v) is 1.53. The van der Waals surface area contributed by atoms with Gasteiger partial charge < -0.3 is 15.5 Å². The van der Waals surface area contributed by atoms with E-state index < -0.39 is 0 Å². The van der Waals surface area contributed by atoms with Crippen molar-refractivity contribution in [3.8, 4) is 0 Å². The minimum atomic E-state index is 0.699. The second kappa shape index (κ2) is 3.72. The summed E-state index contributed by atoms with van der Waals surface area (Å²) in [6.45, 7) is 3.86. The van der Waals surface area contributed by atoms with Gasteiger partial charge in [0.25, 0.3) is 0 Å². The molecular weight excluding hydrogens is 176 g/mol. The Morgan fingerprint density at radius 1 is 1.43 bits per heavy atom. The summed E-state index contributed by atoms with van der Waals surface area (Å²) in [5.41, 5.74) is 8.44. The van der Waals surface area contributed by atoms with Crippen molar-refractivity contribution in [3.05, 3.63) is 30.0 Å². The van der Waals surface area contributed by atoms with Crippen molar-refractivity contribution in [2.75, 3.05) is 12.3 Å². The lowest BCUT2D eigenvalue weighted by Gasteiger charge is -1.98. The lowest BCUT2D eigenvalue weighted by Crippen LogP contribution is -2.11. The van der Waals surface area contributed by atoms with Gasteiger partial charge in [0, 0.05) is 17.5 Å². The Balaban J connectivity index is 2.42.